The van der Waals surface area contributed by atoms with Crippen molar-refractivity contribution < 1.29 is 18.7 Å². The Morgan fingerprint density at radius 3 is 2.64 bits per heavy atom. The molecule has 0 N–H and O–H groups in total. The molecule has 2 atom stereocenters. The number of hydrogen-bond donors (Lipinski definition) is 0. The quantitative estimate of drug-likeness (QED) is 0.737. The molecule has 0 spiro atoms. The van der Waals surface area contributed by atoms with Crippen LogP contribution in [0, 0.1) is 5.92 Å². The lowest BCUT2D eigenvalue weighted by Gasteiger charge is -2.39. The van der Waals surface area contributed by atoms with Crippen LogP contribution in [0.4, 0.5) is 4.79 Å². The molecule has 0 unspecified atom stereocenters. The molecule has 1 aromatic rings. The Kier molecular flexibility index (Phi) is 6.94. The predicted octanol–water partition coefficient (Wildman–Crippen LogP) is 4.83. The normalized spacial score (nSPS) is 21.6. The monoisotopic (exact) mass is 351 g/mol. The molecule has 1 aromatic heterocycles. The minimum atomic E-state index is -0.482. The molecular formula is C20H33NO4. The fourth-order valence-electron chi connectivity index (χ4n) is 3.23. The van der Waals surface area contributed by atoms with Crippen LogP contribution < -0.4 is 0 Å². The number of piperidine rings is 1. The topological polar surface area (TPSA) is 51.9 Å². The number of ether oxygens (including phenoxy) is 2. The second kappa shape index (κ2) is 8.75. The van der Waals surface area contributed by atoms with Gasteiger partial charge in [-0.3, -0.25) is 0 Å². The van der Waals surface area contributed by atoms with Gasteiger partial charge in [-0.2, -0.15) is 0 Å². The first-order valence-corrected chi connectivity index (χ1v) is 9.45. The molecule has 1 amide bonds. The van der Waals surface area contributed by atoms with Crippen molar-refractivity contribution in [3.63, 3.8) is 0 Å². The Bertz CT molecular complexity index is 516. The van der Waals surface area contributed by atoms with Crippen LogP contribution >= 0.6 is 0 Å². The second-order valence-electron chi connectivity index (χ2n) is 7.93. The van der Waals surface area contributed by atoms with Crippen LogP contribution in [-0.2, 0) is 9.47 Å². The molecule has 0 radical (unpaired) electrons. The smallest absolute Gasteiger partial charge is 0.410 e. The molecule has 5 heteroatoms. The largest absolute Gasteiger partial charge is 0.472 e. The number of carbonyl (C=O) groups excluding carboxylic acids is 1. The van der Waals surface area contributed by atoms with Gasteiger partial charge in [0.25, 0.3) is 0 Å². The maximum atomic E-state index is 12.4. The summed E-state index contributed by atoms with van der Waals surface area (Å²) in [6, 6.07) is 2.00. The fourth-order valence-corrected chi connectivity index (χ4v) is 3.23. The van der Waals surface area contributed by atoms with Crippen molar-refractivity contribution in [3.05, 3.63) is 24.2 Å². The van der Waals surface area contributed by atoms with E-state index in [1.165, 1.54) is 0 Å². The van der Waals surface area contributed by atoms with E-state index in [0.717, 1.165) is 31.4 Å². The average Bonchev–Trinajstić information content (AvgIpc) is 3.08. The fraction of sp³-hybridized carbons (Fsp3) is 0.750. The Balaban J connectivity index is 2.05. The Labute approximate surface area is 151 Å². The summed E-state index contributed by atoms with van der Waals surface area (Å²) in [5.41, 5.74) is 0.669. The minimum absolute atomic E-state index is 0.0283. The molecule has 2 heterocycles. The summed E-state index contributed by atoms with van der Waals surface area (Å²) in [6.45, 7) is 12.0. The summed E-state index contributed by atoms with van der Waals surface area (Å²) < 4.78 is 17.1. The van der Waals surface area contributed by atoms with Gasteiger partial charge in [-0.25, -0.2) is 4.79 Å². The van der Waals surface area contributed by atoms with E-state index in [0.29, 0.717) is 19.0 Å². The van der Waals surface area contributed by atoms with Crippen molar-refractivity contribution >= 4 is 6.09 Å². The molecule has 0 aliphatic carbocycles. The van der Waals surface area contributed by atoms with Crippen LogP contribution in [0.2, 0.25) is 0 Å². The molecule has 25 heavy (non-hydrogen) atoms. The van der Waals surface area contributed by atoms with Crippen molar-refractivity contribution in [2.45, 2.75) is 71.5 Å². The van der Waals surface area contributed by atoms with E-state index in [1.807, 2.05) is 26.8 Å². The highest BCUT2D eigenvalue weighted by Crippen LogP contribution is 2.32. The molecule has 5 nitrogen and oxygen atoms in total. The number of hydrogen-bond acceptors (Lipinski definition) is 4. The van der Waals surface area contributed by atoms with Gasteiger partial charge in [-0.05, 0) is 44.7 Å². The highest BCUT2D eigenvalue weighted by atomic mass is 16.6. The van der Waals surface area contributed by atoms with E-state index in [1.54, 1.807) is 17.4 Å². The van der Waals surface area contributed by atoms with Crippen molar-refractivity contribution in [2.24, 2.45) is 5.92 Å². The summed E-state index contributed by atoms with van der Waals surface area (Å²) >= 11 is 0. The van der Waals surface area contributed by atoms with Crippen molar-refractivity contribution in [2.75, 3.05) is 19.7 Å². The van der Waals surface area contributed by atoms with Gasteiger partial charge in [0, 0.05) is 19.1 Å². The van der Waals surface area contributed by atoms with Crippen molar-refractivity contribution in [1.82, 2.24) is 4.90 Å². The standard InChI is InChI=1S/C20H33NO4/c1-6-15(7-2)13-24-18-12-21(19(22)25-20(3,4)5)10-8-17(18)16-9-11-23-14-16/h9,11,14-15,17-18H,6-8,10,12-13H2,1-5H3/t17-,18+/m1/s1. The zero-order valence-electron chi connectivity index (χ0n) is 16.3. The first-order valence-electron chi connectivity index (χ1n) is 9.45. The van der Waals surface area contributed by atoms with E-state index in [2.05, 4.69) is 13.8 Å². The van der Waals surface area contributed by atoms with Gasteiger partial charge in [-0.1, -0.05) is 26.7 Å². The van der Waals surface area contributed by atoms with Crippen LogP contribution in [0.1, 0.15) is 65.4 Å². The van der Waals surface area contributed by atoms with Gasteiger partial charge < -0.3 is 18.8 Å². The molecular weight excluding hydrogens is 318 g/mol. The maximum absolute atomic E-state index is 12.4. The van der Waals surface area contributed by atoms with Gasteiger partial charge in [0.15, 0.2) is 0 Å². The first kappa shape index (κ1) is 19.8. The molecule has 0 aromatic carbocycles. The molecule has 1 aliphatic heterocycles. The highest BCUT2D eigenvalue weighted by Gasteiger charge is 2.35. The number of amides is 1. The van der Waals surface area contributed by atoms with Gasteiger partial charge in [-0.15, -0.1) is 0 Å². The van der Waals surface area contributed by atoms with Gasteiger partial charge in [0.1, 0.15) is 5.60 Å². The number of furan rings is 1. The van der Waals surface area contributed by atoms with Crippen molar-refractivity contribution in [3.8, 4) is 0 Å². The first-order chi connectivity index (χ1) is 11.8. The third-order valence-electron chi connectivity index (χ3n) is 4.88. The maximum Gasteiger partial charge on any atom is 0.410 e. The van der Waals surface area contributed by atoms with E-state index in [9.17, 15) is 4.79 Å². The average molecular weight is 351 g/mol. The van der Waals surface area contributed by atoms with Crippen LogP contribution in [0.3, 0.4) is 0 Å². The summed E-state index contributed by atoms with van der Waals surface area (Å²) in [7, 11) is 0. The van der Waals surface area contributed by atoms with Crippen LogP contribution in [0.15, 0.2) is 23.0 Å². The van der Waals surface area contributed by atoms with Gasteiger partial charge in [0.2, 0.25) is 0 Å². The summed E-state index contributed by atoms with van der Waals surface area (Å²) in [4.78, 5) is 14.2. The Hall–Kier alpha value is -1.49. The number of likely N-dealkylation sites (tertiary alicyclic amines) is 1. The number of rotatable bonds is 6. The van der Waals surface area contributed by atoms with Crippen LogP contribution in [0.25, 0.3) is 0 Å². The van der Waals surface area contributed by atoms with Crippen LogP contribution in [-0.4, -0.2) is 42.4 Å². The van der Waals surface area contributed by atoms with Gasteiger partial charge >= 0.3 is 6.09 Å². The van der Waals surface area contributed by atoms with E-state index in [4.69, 9.17) is 13.9 Å². The molecule has 1 aliphatic rings. The number of nitrogens with zero attached hydrogens (tertiary/aromatic N) is 1. The highest BCUT2D eigenvalue weighted by molar-refractivity contribution is 5.68. The predicted molar refractivity (Wildman–Crippen MR) is 97.7 cm³/mol. The third kappa shape index (κ3) is 5.77. The van der Waals surface area contributed by atoms with Crippen molar-refractivity contribution in [1.29, 1.82) is 0 Å². The zero-order valence-corrected chi connectivity index (χ0v) is 16.3. The second-order valence-corrected chi connectivity index (χ2v) is 7.93. The summed E-state index contributed by atoms with van der Waals surface area (Å²) in [5, 5.41) is 0. The van der Waals surface area contributed by atoms with Gasteiger partial charge in [0.05, 0.1) is 25.2 Å². The van der Waals surface area contributed by atoms with E-state index < -0.39 is 5.60 Å². The summed E-state index contributed by atoms with van der Waals surface area (Å²) in [5.74, 6) is 0.814. The lowest BCUT2D eigenvalue weighted by atomic mass is 9.88. The molecule has 1 fully saturated rings. The Morgan fingerprint density at radius 1 is 1.36 bits per heavy atom. The van der Waals surface area contributed by atoms with E-state index >= 15 is 0 Å². The minimum Gasteiger partial charge on any atom is -0.472 e. The molecule has 0 saturated carbocycles. The SMILES string of the molecule is CCC(CC)CO[C@H]1CN(C(=O)OC(C)(C)C)CC[C@@H]1c1ccoc1. The molecule has 2 rings (SSSR count). The number of carbonyl (C=O) groups is 1. The molecule has 1 saturated heterocycles. The molecule has 142 valence electrons. The zero-order chi connectivity index (χ0) is 18.4. The lowest BCUT2D eigenvalue weighted by Crippen LogP contribution is -2.48. The summed E-state index contributed by atoms with van der Waals surface area (Å²) in [6.07, 6.45) is 6.28. The van der Waals surface area contributed by atoms with E-state index in [-0.39, 0.29) is 18.1 Å². The molecule has 0 bridgehead atoms. The lowest BCUT2D eigenvalue weighted by molar-refractivity contribution is -0.0400. The third-order valence-corrected chi connectivity index (χ3v) is 4.88. The Morgan fingerprint density at radius 2 is 2.08 bits per heavy atom. The van der Waals surface area contributed by atoms with Crippen LogP contribution in [0.5, 0.6) is 0 Å².